The predicted molar refractivity (Wildman–Crippen MR) is 88.2 cm³/mol. The van der Waals surface area contributed by atoms with Gasteiger partial charge in [-0.05, 0) is 60.9 Å². The molecule has 1 unspecified atom stereocenters. The maximum Gasteiger partial charge on any atom is 0.263 e. The number of benzene rings is 2. The highest BCUT2D eigenvalue weighted by molar-refractivity contribution is 5.81. The van der Waals surface area contributed by atoms with E-state index in [0.717, 1.165) is 12.0 Å². The van der Waals surface area contributed by atoms with Gasteiger partial charge in [0.1, 0.15) is 11.5 Å². The van der Waals surface area contributed by atoms with Gasteiger partial charge in [0.25, 0.3) is 5.91 Å². The number of amides is 1. The molecule has 5 nitrogen and oxygen atoms in total. The third-order valence-electron chi connectivity index (χ3n) is 4.05. The first-order valence-corrected chi connectivity index (χ1v) is 7.64. The number of hydrogen-bond acceptors (Lipinski definition) is 4. The Balaban J connectivity index is 1.67. The lowest BCUT2D eigenvalue weighted by Crippen LogP contribution is -2.43. The number of carbonyl (C=O) groups excluding carboxylic acids is 1. The maximum absolute atomic E-state index is 12.6. The van der Waals surface area contributed by atoms with Gasteiger partial charge in [-0.2, -0.15) is 0 Å². The molecule has 2 aromatic carbocycles. The number of phenolic OH excluding ortho intramolecular Hbond substituents is 1. The van der Waals surface area contributed by atoms with Gasteiger partial charge in [0, 0.05) is 18.8 Å². The fraction of sp³-hybridized carbons (Fsp3) is 0.278. The smallest absolute Gasteiger partial charge is 0.263 e. The second kappa shape index (κ2) is 6.20. The number of aromatic hydroxyl groups is 1. The van der Waals surface area contributed by atoms with Crippen molar-refractivity contribution in [2.45, 2.75) is 26.0 Å². The molecule has 1 heterocycles. The fourth-order valence-corrected chi connectivity index (χ4v) is 2.80. The molecule has 0 aromatic heterocycles. The number of nitrogens with two attached hydrogens (primary N) is 1. The van der Waals surface area contributed by atoms with E-state index >= 15 is 0 Å². The van der Waals surface area contributed by atoms with E-state index in [0.29, 0.717) is 24.5 Å². The van der Waals surface area contributed by atoms with Crippen molar-refractivity contribution < 1.29 is 14.6 Å². The number of nitrogens with zero attached hydrogens (tertiary/aromatic N) is 1. The summed E-state index contributed by atoms with van der Waals surface area (Å²) in [5.74, 6) is 0.679. The lowest BCUT2D eigenvalue weighted by molar-refractivity contribution is -0.138. The van der Waals surface area contributed by atoms with Crippen molar-refractivity contribution in [2.24, 2.45) is 0 Å². The summed E-state index contributed by atoms with van der Waals surface area (Å²) in [4.78, 5) is 14.4. The Hall–Kier alpha value is -2.69. The van der Waals surface area contributed by atoms with Crippen molar-refractivity contribution >= 4 is 11.6 Å². The van der Waals surface area contributed by atoms with Crippen LogP contribution >= 0.6 is 0 Å². The minimum Gasteiger partial charge on any atom is -0.508 e. The Morgan fingerprint density at radius 1 is 1.22 bits per heavy atom. The zero-order valence-electron chi connectivity index (χ0n) is 13.0. The minimum absolute atomic E-state index is 0.0499. The molecule has 0 bridgehead atoms. The Morgan fingerprint density at radius 3 is 2.70 bits per heavy atom. The molecular weight excluding hydrogens is 292 g/mol. The average Bonchev–Trinajstić information content (AvgIpc) is 2.55. The fourth-order valence-electron chi connectivity index (χ4n) is 2.80. The van der Waals surface area contributed by atoms with Crippen LogP contribution in [0.5, 0.6) is 11.5 Å². The third-order valence-corrected chi connectivity index (χ3v) is 4.05. The molecule has 1 aliphatic heterocycles. The zero-order chi connectivity index (χ0) is 16.4. The molecule has 0 radical (unpaired) electrons. The van der Waals surface area contributed by atoms with Crippen LogP contribution in [0.15, 0.2) is 42.5 Å². The number of phenols is 1. The highest BCUT2D eigenvalue weighted by atomic mass is 16.5. The summed E-state index contributed by atoms with van der Waals surface area (Å²) in [5.41, 5.74) is 8.89. The van der Waals surface area contributed by atoms with Crippen molar-refractivity contribution in [1.82, 2.24) is 4.90 Å². The molecule has 1 amide bonds. The molecule has 3 rings (SSSR count). The first-order chi connectivity index (χ1) is 11.0. The van der Waals surface area contributed by atoms with E-state index in [1.807, 2.05) is 18.2 Å². The quantitative estimate of drug-likeness (QED) is 0.853. The van der Waals surface area contributed by atoms with Crippen molar-refractivity contribution in [3.8, 4) is 11.5 Å². The minimum atomic E-state index is -0.581. The molecule has 0 aliphatic carbocycles. The van der Waals surface area contributed by atoms with Crippen LogP contribution in [0, 0.1) is 0 Å². The highest BCUT2D eigenvalue weighted by Gasteiger charge is 2.25. The predicted octanol–water partition coefficient (Wildman–Crippen LogP) is 2.33. The van der Waals surface area contributed by atoms with Crippen LogP contribution in [0.2, 0.25) is 0 Å². The number of nitrogen functional groups attached to an aromatic ring is 1. The molecule has 0 spiro atoms. The first kappa shape index (κ1) is 15.2. The van der Waals surface area contributed by atoms with E-state index in [2.05, 4.69) is 0 Å². The van der Waals surface area contributed by atoms with Gasteiger partial charge >= 0.3 is 0 Å². The second-order valence-corrected chi connectivity index (χ2v) is 5.79. The second-order valence-electron chi connectivity index (χ2n) is 5.79. The number of fused-ring (bicyclic) bond motifs is 1. The number of anilines is 1. The molecule has 0 saturated carbocycles. The van der Waals surface area contributed by atoms with Gasteiger partial charge in [0.15, 0.2) is 6.10 Å². The van der Waals surface area contributed by atoms with Gasteiger partial charge in [-0.1, -0.05) is 6.07 Å². The molecule has 2 aromatic rings. The summed E-state index contributed by atoms with van der Waals surface area (Å²) in [5, 5.41) is 9.28. The molecule has 1 aliphatic rings. The van der Waals surface area contributed by atoms with Crippen molar-refractivity contribution in [3.05, 3.63) is 53.6 Å². The highest BCUT2D eigenvalue weighted by Crippen LogP contribution is 2.23. The molecule has 0 fully saturated rings. The van der Waals surface area contributed by atoms with Gasteiger partial charge in [-0.15, -0.1) is 0 Å². The lowest BCUT2D eigenvalue weighted by atomic mass is 9.99. The summed E-state index contributed by atoms with van der Waals surface area (Å²) in [6, 6.07) is 12.2. The van der Waals surface area contributed by atoms with E-state index in [1.165, 1.54) is 17.7 Å². The molecule has 120 valence electrons. The Morgan fingerprint density at radius 2 is 1.96 bits per heavy atom. The van der Waals surface area contributed by atoms with E-state index in [9.17, 15) is 9.90 Å². The summed E-state index contributed by atoms with van der Waals surface area (Å²) < 4.78 is 5.67. The summed E-state index contributed by atoms with van der Waals surface area (Å²) in [6.45, 7) is 2.98. The van der Waals surface area contributed by atoms with Gasteiger partial charge in [0.2, 0.25) is 0 Å². The van der Waals surface area contributed by atoms with Crippen LogP contribution in [0.3, 0.4) is 0 Å². The normalized spacial score (nSPS) is 14.9. The van der Waals surface area contributed by atoms with Gasteiger partial charge in [-0.3, -0.25) is 4.79 Å². The first-order valence-electron chi connectivity index (χ1n) is 7.64. The Kier molecular flexibility index (Phi) is 4.10. The Labute approximate surface area is 135 Å². The van der Waals surface area contributed by atoms with E-state index in [-0.39, 0.29) is 11.7 Å². The third kappa shape index (κ3) is 3.39. The van der Waals surface area contributed by atoms with E-state index < -0.39 is 6.10 Å². The number of rotatable bonds is 3. The van der Waals surface area contributed by atoms with Crippen molar-refractivity contribution in [3.63, 3.8) is 0 Å². The lowest BCUT2D eigenvalue weighted by Gasteiger charge is -2.31. The molecule has 1 atom stereocenters. The molecule has 3 N–H and O–H groups in total. The van der Waals surface area contributed by atoms with Crippen LogP contribution < -0.4 is 10.5 Å². The van der Waals surface area contributed by atoms with Crippen molar-refractivity contribution in [1.29, 1.82) is 0 Å². The van der Waals surface area contributed by atoms with Crippen LogP contribution in [0.25, 0.3) is 0 Å². The molecule has 0 saturated heterocycles. The van der Waals surface area contributed by atoms with Gasteiger partial charge in [-0.25, -0.2) is 0 Å². The van der Waals surface area contributed by atoms with Crippen molar-refractivity contribution in [2.75, 3.05) is 12.3 Å². The monoisotopic (exact) mass is 312 g/mol. The van der Waals surface area contributed by atoms with Gasteiger partial charge < -0.3 is 20.5 Å². The SMILES string of the molecule is CC(Oc1ccc(O)cc1)C(=O)N1CCc2ccc(N)cc2C1. The standard InChI is InChI=1S/C18H20N2O3/c1-12(23-17-6-4-16(21)5-7-17)18(22)20-9-8-13-2-3-15(19)10-14(13)11-20/h2-7,10,12,21H,8-9,11,19H2,1H3. The largest absolute Gasteiger partial charge is 0.508 e. The van der Waals surface area contributed by atoms with Crippen LogP contribution in [0.4, 0.5) is 5.69 Å². The van der Waals surface area contributed by atoms with Crippen LogP contribution in [-0.2, 0) is 17.8 Å². The average molecular weight is 312 g/mol. The molecular formula is C18H20N2O3. The summed E-state index contributed by atoms with van der Waals surface area (Å²) >= 11 is 0. The number of carbonyl (C=O) groups is 1. The number of hydrogen-bond donors (Lipinski definition) is 2. The Bertz CT molecular complexity index is 713. The number of ether oxygens (including phenoxy) is 1. The van der Waals surface area contributed by atoms with Gasteiger partial charge in [0.05, 0.1) is 0 Å². The van der Waals surface area contributed by atoms with Crippen LogP contribution in [-0.4, -0.2) is 28.6 Å². The summed E-state index contributed by atoms with van der Waals surface area (Å²) in [6.07, 6.45) is 0.245. The summed E-state index contributed by atoms with van der Waals surface area (Å²) in [7, 11) is 0. The molecule has 23 heavy (non-hydrogen) atoms. The van der Waals surface area contributed by atoms with Crippen LogP contribution in [0.1, 0.15) is 18.1 Å². The zero-order valence-corrected chi connectivity index (χ0v) is 13.0. The van der Waals surface area contributed by atoms with E-state index in [1.54, 1.807) is 24.0 Å². The topological polar surface area (TPSA) is 75.8 Å². The molecule has 5 heteroatoms. The maximum atomic E-state index is 12.6. The van der Waals surface area contributed by atoms with E-state index in [4.69, 9.17) is 10.5 Å².